The van der Waals surface area contributed by atoms with Gasteiger partial charge in [-0.25, -0.2) is 29.3 Å². The fourth-order valence-corrected chi connectivity index (χ4v) is 9.34. The molecule has 2 N–H and O–H groups in total. The number of nitrogens with zero attached hydrogens (tertiary/aromatic N) is 2. The Balaban J connectivity index is 1.44. The summed E-state index contributed by atoms with van der Waals surface area (Å²) in [5.41, 5.74) is 4.62. The van der Waals surface area contributed by atoms with Crippen LogP contribution in [-0.4, -0.2) is 95.6 Å². The molecule has 0 atom stereocenters. The van der Waals surface area contributed by atoms with Gasteiger partial charge in [-0.15, -0.1) is 0 Å². The van der Waals surface area contributed by atoms with Gasteiger partial charge in [0.25, 0.3) is 0 Å². The van der Waals surface area contributed by atoms with Gasteiger partial charge in [-0.3, -0.25) is 9.69 Å². The normalized spacial score (nSPS) is 16.4. The summed E-state index contributed by atoms with van der Waals surface area (Å²) in [6, 6.07) is 6.24. The predicted molar refractivity (Wildman–Crippen MR) is 270 cm³/mol. The zero-order valence-electron chi connectivity index (χ0n) is 42.4. The number of carbonyl (C=O) groups excluding carboxylic acids is 7. The molecule has 4 amide bonds. The Kier molecular flexibility index (Phi) is 17.9. The number of ether oxygens (including phenoxy) is 4. The number of ketones is 1. The fraction of sp³-hybridized carbons (Fsp3) is 0.357. The van der Waals surface area contributed by atoms with Gasteiger partial charge in [0.1, 0.15) is 43.4 Å². The summed E-state index contributed by atoms with van der Waals surface area (Å²) >= 11 is 0. The molecule has 5 rings (SSSR count). The first-order valence-corrected chi connectivity index (χ1v) is 23.5. The number of aryl methyl sites for hydroxylation is 6. The number of benzene rings is 2. The third-order valence-corrected chi connectivity index (χ3v) is 12.6. The van der Waals surface area contributed by atoms with Crippen molar-refractivity contribution in [3.05, 3.63) is 155 Å². The van der Waals surface area contributed by atoms with Crippen molar-refractivity contribution in [3.63, 3.8) is 0 Å². The van der Waals surface area contributed by atoms with Gasteiger partial charge >= 0.3 is 35.9 Å². The van der Waals surface area contributed by atoms with Crippen LogP contribution in [0.25, 0.3) is 0 Å². The summed E-state index contributed by atoms with van der Waals surface area (Å²) in [4.78, 5) is 93.2. The number of allylic oxidation sites excluding steroid dienone is 7. The van der Waals surface area contributed by atoms with E-state index in [4.69, 9.17) is 18.9 Å². The van der Waals surface area contributed by atoms with Crippen molar-refractivity contribution in [2.45, 2.75) is 98.2 Å². The summed E-state index contributed by atoms with van der Waals surface area (Å²) in [6.45, 7) is 26.9. The molecule has 3 aliphatic carbocycles. The van der Waals surface area contributed by atoms with E-state index in [1.807, 2.05) is 65.8 Å². The maximum Gasteiger partial charge on any atom is 0.497 e. The fourth-order valence-electron chi connectivity index (χ4n) is 9.34. The molecule has 16 heteroatoms. The molecule has 2 aromatic rings. The van der Waals surface area contributed by atoms with Gasteiger partial charge < -0.3 is 29.4 Å². The highest BCUT2D eigenvalue weighted by atomic mass is 16.6. The quantitative estimate of drug-likeness (QED) is 0.0660. The van der Waals surface area contributed by atoms with Crippen LogP contribution in [0, 0.1) is 47.5 Å². The Morgan fingerprint density at radius 2 is 1.06 bits per heavy atom. The van der Waals surface area contributed by atoms with Crippen LogP contribution in [0.5, 0.6) is 0 Å². The van der Waals surface area contributed by atoms with E-state index in [0.717, 1.165) is 57.7 Å². The van der Waals surface area contributed by atoms with E-state index < -0.39 is 47.0 Å². The number of rotatable bonds is 18. The number of esters is 4. The lowest BCUT2D eigenvalue weighted by molar-refractivity contribution is -0.335. The molecule has 380 valence electrons. The zero-order chi connectivity index (χ0) is 53.2. The number of nitrogens with one attached hydrogen (secondary N) is 2. The Morgan fingerprint density at radius 1 is 0.653 bits per heavy atom. The lowest BCUT2D eigenvalue weighted by atomic mass is 9.71. The molecule has 1 fully saturated rings. The highest BCUT2D eigenvalue weighted by molar-refractivity contribution is 6.20. The molecule has 16 nitrogen and oxygen atoms in total. The van der Waals surface area contributed by atoms with Crippen molar-refractivity contribution in [1.29, 1.82) is 0 Å². The third kappa shape index (κ3) is 12.9. The molecule has 0 unspecified atom stereocenters. The number of amides is 4. The largest absolute Gasteiger partial charge is 0.872 e. The first-order chi connectivity index (χ1) is 34.0. The number of carbonyl (C=O) groups is 7. The van der Waals surface area contributed by atoms with E-state index in [2.05, 4.69) is 36.9 Å². The van der Waals surface area contributed by atoms with E-state index >= 15 is 0 Å². The average Bonchev–Trinajstić information content (AvgIpc) is 3.33. The first-order valence-electron chi connectivity index (χ1n) is 23.5. The molecule has 0 saturated heterocycles. The van der Waals surface area contributed by atoms with Crippen LogP contribution in [0.3, 0.4) is 0 Å². The molecule has 1 saturated carbocycles. The Morgan fingerprint density at radius 3 is 1.46 bits per heavy atom. The van der Waals surface area contributed by atoms with Crippen molar-refractivity contribution in [1.82, 2.24) is 10.6 Å². The minimum absolute atomic E-state index is 0.0264. The molecule has 0 radical (unpaired) electrons. The van der Waals surface area contributed by atoms with Crippen LogP contribution in [0.15, 0.2) is 122 Å². The van der Waals surface area contributed by atoms with Crippen molar-refractivity contribution in [2.24, 2.45) is 5.92 Å². The topological polar surface area (TPSA) is 210 Å². The van der Waals surface area contributed by atoms with Crippen LogP contribution >= 0.6 is 0 Å². The van der Waals surface area contributed by atoms with Gasteiger partial charge in [0.05, 0.1) is 5.69 Å². The van der Waals surface area contributed by atoms with Crippen LogP contribution in [0.1, 0.15) is 72.9 Å². The van der Waals surface area contributed by atoms with Crippen LogP contribution in [0.2, 0.25) is 0 Å². The van der Waals surface area contributed by atoms with E-state index in [-0.39, 0.29) is 61.1 Å². The van der Waals surface area contributed by atoms with Gasteiger partial charge in [0, 0.05) is 35.9 Å². The second kappa shape index (κ2) is 23.4. The number of urea groups is 2. The highest BCUT2D eigenvalue weighted by Crippen LogP contribution is 2.43. The van der Waals surface area contributed by atoms with Gasteiger partial charge in [0.15, 0.2) is 11.3 Å². The molecule has 0 spiro atoms. The minimum Gasteiger partial charge on any atom is -0.872 e. The second-order valence-electron chi connectivity index (χ2n) is 18.9. The summed E-state index contributed by atoms with van der Waals surface area (Å²) in [5, 5.41) is 19.9. The molecule has 2 aromatic carbocycles. The van der Waals surface area contributed by atoms with E-state index in [1.165, 1.54) is 4.58 Å². The van der Waals surface area contributed by atoms with E-state index in [9.17, 15) is 38.7 Å². The zero-order valence-corrected chi connectivity index (χ0v) is 42.4. The Hall–Kier alpha value is -7.88. The van der Waals surface area contributed by atoms with Gasteiger partial charge in [0.2, 0.25) is 0 Å². The minimum atomic E-state index is -1.41. The average molecular weight is 985 g/mol. The van der Waals surface area contributed by atoms with Crippen molar-refractivity contribution >= 4 is 58.8 Å². The Bertz CT molecular complexity index is 2670. The standard InChI is InChI=1S/C56H64N4O12/c1-13-43(61)69-29-55(11,30-70-44(62)14-2)57-53(67)59(49-35(7)25-33(5)26-36(49)8)41-21-17-39(18-22-41)47-51(65)48(52(47)66)40-19-23-42(24-20-40)60(50-37(9)27-34(6)28-38(50)10)54(68)58-56(12,31-71-45(63)15-3)32-72-46(64)16-4/h13-18,21-22,25-28,40,42H,1-4,19-20,23-24,29-32H2,5-12H3,(H2-,57,58,65,66,67,68). The molecule has 0 aromatic heterocycles. The predicted octanol–water partition coefficient (Wildman–Crippen LogP) is 7.16. The summed E-state index contributed by atoms with van der Waals surface area (Å²) < 4.78 is 22.7. The number of anilines is 1. The highest BCUT2D eigenvalue weighted by Gasteiger charge is 2.42. The second-order valence-corrected chi connectivity index (χ2v) is 18.9. The molecule has 0 bridgehead atoms. The molecular weight excluding hydrogens is 921 g/mol. The maximum absolute atomic E-state index is 14.6. The molecular formula is C56H64N4O12. The molecule has 72 heavy (non-hydrogen) atoms. The van der Waals surface area contributed by atoms with Crippen LogP contribution in [-0.2, 0) is 42.9 Å². The lowest BCUT2D eigenvalue weighted by Crippen LogP contribution is -2.59. The lowest BCUT2D eigenvalue weighted by Gasteiger charge is -2.43. The monoisotopic (exact) mass is 984 g/mol. The maximum atomic E-state index is 14.6. The molecule has 0 heterocycles. The first kappa shape index (κ1) is 55.1. The van der Waals surface area contributed by atoms with Crippen LogP contribution < -0.4 is 20.6 Å². The summed E-state index contributed by atoms with van der Waals surface area (Å²) in [7, 11) is 0. The van der Waals surface area contributed by atoms with Gasteiger partial charge in [-0.2, -0.15) is 9.37 Å². The summed E-state index contributed by atoms with van der Waals surface area (Å²) in [6.07, 6.45) is 12.1. The van der Waals surface area contributed by atoms with E-state index in [1.54, 1.807) is 43.1 Å². The van der Waals surface area contributed by atoms with Crippen molar-refractivity contribution < 1.29 is 62.2 Å². The van der Waals surface area contributed by atoms with Gasteiger partial charge in [-0.05, 0) is 133 Å². The summed E-state index contributed by atoms with van der Waals surface area (Å²) in [5.74, 6) is -4.05. The van der Waals surface area contributed by atoms with E-state index in [0.29, 0.717) is 48.3 Å². The number of hydrogen-bond donors (Lipinski definition) is 2. The van der Waals surface area contributed by atoms with Gasteiger partial charge in [-0.1, -0.05) is 79.6 Å². The SMILES string of the molecule is C=CC(=O)OCC(C)(COC(=O)C=C)NC(=O)N(c1c(C)cc(C)cc1C)C1CCC(C2=C([O-])C(=C3C=CC(=[N+](C(=O)NC(C)(COC(=O)C=C)COC(=O)C=C)c4c(C)cc(C)cc4C)C=C3)C2=O)CC1. The Labute approximate surface area is 420 Å². The van der Waals surface area contributed by atoms with Crippen molar-refractivity contribution in [3.8, 4) is 0 Å². The number of hydrogen-bond acceptors (Lipinski definition) is 12. The van der Waals surface area contributed by atoms with Crippen molar-refractivity contribution in [2.75, 3.05) is 31.3 Å². The third-order valence-electron chi connectivity index (χ3n) is 12.6. The molecule has 3 aliphatic rings. The molecule has 0 aliphatic heterocycles. The smallest absolute Gasteiger partial charge is 0.497 e. The number of Topliss-reactive ketones (excluding diaryl/α,β-unsaturated/α-hetero) is 1. The van der Waals surface area contributed by atoms with Crippen LogP contribution in [0.4, 0.5) is 21.0 Å².